The van der Waals surface area contributed by atoms with Crippen LogP contribution in [0.15, 0.2) is 40.6 Å². The molecule has 0 unspecified atom stereocenters. The summed E-state index contributed by atoms with van der Waals surface area (Å²) in [5.41, 5.74) is 3.97. The molecule has 5 nitrogen and oxygen atoms in total. The number of hydrogen-bond acceptors (Lipinski definition) is 5. The summed E-state index contributed by atoms with van der Waals surface area (Å²) in [5, 5.41) is 2.23. The van der Waals surface area contributed by atoms with Gasteiger partial charge in [-0.15, -0.1) is 11.3 Å². The molecule has 2 aromatic carbocycles. The molecule has 1 amide bonds. The molecule has 0 aliphatic rings. The summed E-state index contributed by atoms with van der Waals surface area (Å²) in [5.74, 6) is -1.04. The Bertz CT molecular complexity index is 1170. The predicted molar refractivity (Wildman–Crippen MR) is 112 cm³/mol. The molecule has 0 atom stereocenters. The van der Waals surface area contributed by atoms with Crippen molar-refractivity contribution in [3.63, 3.8) is 0 Å². The summed E-state index contributed by atoms with van der Waals surface area (Å²) < 4.78 is 41.2. The lowest BCUT2D eigenvalue weighted by molar-refractivity contribution is -0.118. The van der Waals surface area contributed by atoms with Crippen molar-refractivity contribution in [1.82, 2.24) is 9.71 Å². The number of hydrogen-bond donors (Lipinski definition) is 1. The van der Waals surface area contributed by atoms with Crippen LogP contribution in [-0.4, -0.2) is 19.3 Å². The van der Waals surface area contributed by atoms with Crippen LogP contribution in [0.25, 0.3) is 10.6 Å². The lowest BCUT2D eigenvalue weighted by Gasteiger charge is -2.16. The van der Waals surface area contributed by atoms with E-state index in [2.05, 4.69) is 9.71 Å². The second-order valence-corrected chi connectivity index (χ2v) is 9.43. The van der Waals surface area contributed by atoms with Crippen LogP contribution < -0.4 is 4.72 Å². The van der Waals surface area contributed by atoms with Gasteiger partial charge in [0.05, 0.1) is 17.0 Å². The number of aromatic nitrogens is 1. The van der Waals surface area contributed by atoms with Gasteiger partial charge >= 0.3 is 0 Å². The maximum absolute atomic E-state index is 13.4. The fraction of sp³-hybridized carbons (Fsp3) is 0.238. The van der Waals surface area contributed by atoms with Gasteiger partial charge < -0.3 is 0 Å². The lowest BCUT2D eigenvalue weighted by Crippen LogP contribution is -2.33. The van der Waals surface area contributed by atoms with E-state index >= 15 is 0 Å². The first kappa shape index (κ1) is 21.1. The van der Waals surface area contributed by atoms with Gasteiger partial charge in [0.1, 0.15) is 10.8 Å². The highest BCUT2D eigenvalue weighted by Crippen LogP contribution is 2.27. The van der Waals surface area contributed by atoms with Gasteiger partial charge in [0, 0.05) is 10.9 Å². The average Bonchev–Trinajstić information content (AvgIpc) is 3.08. The summed E-state index contributed by atoms with van der Waals surface area (Å²) in [7, 11) is -4.01. The number of nitrogens with zero attached hydrogens (tertiary/aromatic N) is 1. The quantitative estimate of drug-likeness (QED) is 0.655. The first-order valence-electron chi connectivity index (χ1n) is 8.92. The van der Waals surface area contributed by atoms with Crippen LogP contribution in [0.5, 0.6) is 0 Å². The molecule has 3 rings (SSSR count). The van der Waals surface area contributed by atoms with E-state index in [1.807, 2.05) is 19.9 Å². The Hall–Kier alpha value is -2.58. The molecule has 8 heteroatoms. The molecule has 0 aliphatic carbocycles. The van der Waals surface area contributed by atoms with Gasteiger partial charge in [-0.25, -0.2) is 22.5 Å². The molecular weight excluding hydrogens is 411 g/mol. The summed E-state index contributed by atoms with van der Waals surface area (Å²) in [6.45, 7) is 7.14. The predicted octanol–water partition coefficient (Wildman–Crippen LogP) is 4.23. The Balaban J connectivity index is 1.80. The lowest BCUT2D eigenvalue weighted by atomic mass is 10.0. The van der Waals surface area contributed by atoms with Crippen LogP contribution in [0.3, 0.4) is 0 Å². The highest BCUT2D eigenvalue weighted by Gasteiger charge is 2.24. The Morgan fingerprint density at radius 2 is 1.76 bits per heavy atom. The second-order valence-electron chi connectivity index (χ2n) is 6.95. The van der Waals surface area contributed by atoms with E-state index in [0.717, 1.165) is 11.1 Å². The maximum atomic E-state index is 13.4. The van der Waals surface area contributed by atoms with E-state index in [9.17, 15) is 17.6 Å². The second kappa shape index (κ2) is 8.04. The number of sulfonamides is 1. The zero-order valence-corrected chi connectivity index (χ0v) is 18.2. The fourth-order valence-corrected chi connectivity index (χ4v) is 5.55. The van der Waals surface area contributed by atoms with Gasteiger partial charge in [0.15, 0.2) is 0 Å². The smallest absolute Gasteiger partial charge is 0.264 e. The Morgan fingerprint density at radius 1 is 1.10 bits per heavy atom. The van der Waals surface area contributed by atoms with Crippen LogP contribution in [-0.2, 0) is 21.2 Å². The van der Waals surface area contributed by atoms with Crippen molar-refractivity contribution in [2.75, 3.05) is 0 Å². The highest BCUT2D eigenvalue weighted by atomic mass is 32.2. The summed E-state index contributed by atoms with van der Waals surface area (Å²) in [6.07, 6.45) is -0.187. The van der Waals surface area contributed by atoms with Gasteiger partial charge in [0.25, 0.3) is 10.0 Å². The number of thiazole rings is 1. The van der Waals surface area contributed by atoms with Crippen LogP contribution in [0.2, 0.25) is 0 Å². The van der Waals surface area contributed by atoms with Crippen LogP contribution in [0, 0.1) is 33.5 Å². The van der Waals surface area contributed by atoms with Crippen molar-refractivity contribution < 1.29 is 17.6 Å². The number of carbonyl (C=O) groups excluding carboxylic acids is 1. The first-order chi connectivity index (χ1) is 13.6. The molecule has 0 bridgehead atoms. The van der Waals surface area contributed by atoms with E-state index in [-0.39, 0.29) is 17.1 Å². The summed E-state index contributed by atoms with van der Waals surface area (Å²) in [6, 6.07) is 7.93. The summed E-state index contributed by atoms with van der Waals surface area (Å²) >= 11 is 1.27. The molecule has 0 saturated carbocycles. The first-order valence-corrected chi connectivity index (χ1v) is 11.3. The molecular formula is C21H21FN2O3S2. The maximum Gasteiger partial charge on any atom is 0.264 e. The minimum Gasteiger partial charge on any atom is -0.274 e. The molecule has 152 valence electrons. The van der Waals surface area contributed by atoms with Gasteiger partial charge in [-0.05, 0) is 62.1 Å². The van der Waals surface area contributed by atoms with Crippen molar-refractivity contribution in [2.24, 2.45) is 0 Å². The highest BCUT2D eigenvalue weighted by molar-refractivity contribution is 7.90. The van der Waals surface area contributed by atoms with Gasteiger partial charge in [-0.2, -0.15) is 0 Å². The Labute approximate surface area is 173 Å². The third-order valence-electron chi connectivity index (χ3n) is 4.78. The Kier molecular flexibility index (Phi) is 5.86. The van der Waals surface area contributed by atoms with Crippen molar-refractivity contribution in [1.29, 1.82) is 0 Å². The number of halogens is 1. The molecule has 0 aliphatic heterocycles. The Morgan fingerprint density at radius 3 is 2.38 bits per heavy atom. The number of carbonyl (C=O) groups is 1. The van der Waals surface area contributed by atoms with E-state index in [0.29, 0.717) is 27.4 Å². The number of aryl methyl sites for hydroxylation is 2. The average molecular weight is 433 g/mol. The van der Waals surface area contributed by atoms with Gasteiger partial charge in [0.2, 0.25) is 5.91 Å². The van der Waals surface area contributed by atoms with Crippen molar-refractivity contribution >= 4 is 27.3 Å². The number of nitrogens with one attached hydrogen (secondary N) is 1. The largest absolute Gasteiger partial charge is 0.274 e. The van der Waals surface area contributed by atoms with E-state index in [4.69, 9.17) is 0 Å². The standard InChI is InChI=1S/C21H21FN2O3S2/c1-12-8-13(2)15(4)20(14(12)3)29(26,27)24-19(25)10-18-11-28-21(23-18)16-6-5-7-17(22)9-16/h5-9,11H,10H2,1-4H3,(H,24,25). The third kappa shape index (κ3) is 4.54. The SMILES string of the molecule is Cc1cc(C)c(C)c(S(=O)(=O)NC(=O)Cc2csc(-c3cccc(F)c3)n2)c1C. The summed E-state index contributed by atoms with van der Waals surface area (Å²) in [4.78, 5) is 16.9. The monoisotopic (exact) mass is 432 g/mol. The van der Waals surface area contributed by atoms with E-state index in [1.165, 1.54) is 23.5 Å². The molecule has 1 heterocycles. The number of benzene rings is 2. The zero-order valence-electron chi connectivity index (χ0n) is 16.5. The van der Waals surface area contributed by atoms with E-state index < -0.39 is 15.9 Å². The van der Waals surface area contributed by atoms with Gasteiger partial charge in [-0.3, -0.25) is 4.79 Å². The molecule has 1 aromatic heterocycles. The van der Waals surface area contributed by atoms with E-state index in [1.54, 1.807) is 31.4 Å². The van der Waals surface area contributed by atoms with Crippen molar-refractivity contribution in [3.8, 4) is 10.6 Å². The molecule has 29 heavy (non-hydrogen) atoms. The normalized spacial score (nSPS) is 11.5. The molecule has 0 spiro atoms. The van der Waals surface area contributed by atoms with Crippen LogP contribution in [0.4, 0.5) is 4.39 Å². The fourth-order valence-electron chi connectivity index (χ4n) is 3.13. The van der Waals surface area contributed by atoms with Crippen molar-refractivity contribution in [2.45, 2.75) is 39.0 Å². The minimum absolute atomic E-state index is 0.141. The van der Waals surface area contributed by atoms with Crippen LogP contribution in [0.1, 0.15) is 27.9 Å². The molecule has 3 aromatic rings. The third-order valence-corrected chi connectivity index (χ3v) is 7.37. The molecule has 0 saturated heterocycles. The molecule has 0 fully saturated rings. The zero-order chi connectivity index (χ0) is 21.3. The van der Waals surface area contributed by atoms with Gasteiger partial charge in [-0.1, -0.05) is 18.2 Å². The van der Waals surface area contributed by atoms with Crippen LogP contribution >= 0.6 is 11.3 Å². The topological polar surface area (TPSA) is 76.1 Å². The minimum atomic E-state index is -4.01. The number of amides is 1. The van der Waals surface area contributed by atoms with Crippen molar-refractivity contribution in [3.05, 3.63) is 69.5 Å². The molecule has 0 radical (unpaired) electrons. The number of rotatable bonds is 5. The molecule has 1 N–H and O–H groups in total.